The van der Waals surface area contributed by atoms with Gasteiger partial charge in [-0.25, -0.2) is 9.97 Å². The van der Waals surface area contributed by atoms with Crippen LogP contribution in [0.15, 0.2) is 36.4 Å². The summed E-state index contributed by atoms with van der Waals surface area (Å²) in [7, 11) is 0. The minimum absolute atomic E-state index is 0.124. The molecule has 2 aromatic carbocycles. The van der Waals surface area contributed by atoms with Gasteiger partial charge in [0.25, 0.3) is 0 Å². The van der Waals surface area contributed by atoms with Crippen LogP contribution in [0.25, 0.3) is 11.0 Å². The highest BCUT2D eigenvalue weighted by Crippen LogP contribution is 2.43. The van der Waals surface area contributed by atoms with Gasteiger partial charge in [-0.1, -0.05) is 23.7 Å². The lowest BCUT2D eigenvalue weighted by molar-refractivity contribution is 0.0225. The average molecular weight is 463 g/mol. The van der Waals surface area contributed by atoms with E-state index in [-0.39, 0.29) is 5.78 Å². The maximum Gasteiger partial charge on any atom is 0.172 e. The Morgan fingerprint density at radius 2 is 1.55 bits per heavy atom. The SMILES string of the molecule is Cc1cc(Cl)cc2c1OC1(CCN(c3nc4ccccc4nc3N3CCCC3)CC1)CC2=O. The van der Waals surface area contributed by atoms with E-state index in [1.807, 2.05) is 37.3 Å². The molecule has 0 amide bonds. The quantitative estimate of drug-likeness (QED) is 0.522. The maximum atomic E-state index is 13.0. The van der Waals surface area contributed by atoms with Crippen LogP contribution in [0.3, 0.4) is 0 Å². The van der Waals surface area contributed by atoms with Crippen LogP contribution in [0.1, 0.15) is 48.0 Å². The van der Waals surface area contributed by atoms with E-state index in [9.17, 15) is 4.79 Å². The van der Waals surface area contributed by atoms with Gasteiger partial charge in [0, 0.05) is 44.0 Å². The first kappa shape index (κ1) is 20.7. The van der Waals surface area contributed by atoms with Gasteiger partial charge in [0.05, 0.1) is 23.0 Å². The number of piperidine rings is 1. The van der Waals surface area contributed by atoms with Crippen LogP contribution in [-0.2, 0) is 0 Å². The first-order chi connectivity index (χ1) is 16.0. The van der Waals surface area contributed by atoms with E-state index in [2.05, 4.69) is 9.80 Å². The van der Waals surface area contributed by atoms with Crippen LogP contribution in [0.2, 0.25) is 5.02 Å². The Morgan fingerprint density at radius 3 is 2.18 bits per heavy atom. The number of aryl methyl sites for hydroxylation is 1. The van der Waals surface area contributed by atoms with Gasteiger partial charge in [-0.3, -0.25) is 4.79 Å². The lowest BCUT2D eigenvalue weighted by atomic mass is 9.82. The number of ketones is 1. The van der Waals surface area contributed by atoms with Gasteiger partial charge in [0.2, 0.25) is 0 Å². The zero-order valence-corrected chi connectivity index (χ0v) is 19.6. The zero-order chi connectivity index (χ0) is 22.6. The Bertz CT molecular complexity index is 1250. The topological polar surface area (TPSA) is 58.6 Å². The summed E-state index contributed by atoms with van der Waals surface area (Å²) in [5.41, 5.74) is 2.93. The number of halogens is 1. The van der Waals surface area contributed by atoms with Crippen LogP contribution >= 0.6 is 11.6 Å². The second kappa shape index (κ2) is 7.87. The van der Waals surface area contributed by atoms with Gasteiger partial charge in [-0.15, -0.1) is 0 Å². The highest BCUT2D eigenvalue weighted by Gasteiger charge is 2.44. The summed E-state index contributed by atoms with van der Waals surface area (Å²) in [6.45, 7) is 5.56. The number of rotatable bonds is 2. The van der Waals surface area contributed by atoms with Gasteiger partial charge in [0.15, 0.2) is 17.4 Å². The van der Waals surface area contributed by atoms with Crippen molar-refractivity contribution in [3.8, 4) is 5.75 Å². The van der Waals surface area contributed by atoms with E-state index in [0.717, 1.165) is 67.3 Å². The number of carbonyl (C=O) groups is 1. The molecule has 0 radical (unpaired) electrons. The van der Waals surface area contributed by atoms with Crippen molar-refractivity contribution in [1.29, 1.82) is 0 Å². The van der Waals surface area contributed by atoms with E-state index in [1.165, 1.54) is 12.8 Å². The van der Waals surface area contributed by atoms with Crippen LogP contribution < -0.4 is 14.5 Å². The molecule has 4 heterocycles. The van der Waals surface area contributed by atoms with Gasteiger partial charge in [0.1, 0.15) is 11.4 Å². The molecule has 33 heavy (non-hydrogen) atoms. The molecule has 3 aliphatic rings. The summed E-state index contributed by atoms with van der Waals surface area (Å²) < 4.78 is 6.55. The molecular formula is C26H27ClN4O2. The monoisotopic (exact) mass is 462 g/mol. The number of benzene rings is 2. The lowest BCUT2D eigenvalue weighted by Gasteiger charge is -2.45. The van der Waals surface area contributed by atoms with E-state index in [1.54, 1.807) is 6.07 Å². The number of ether oxygens (including phenoxy) is 1. The second-order valence-corrected chi connectivity index (χ2v) is 9.96. The van der Waals surface area contributed by atoms with Crippen molar-refractivity contribution in [2.24, 2.45) is 0 Å². The summed E-state index contributed by atoms with van der Waals surface area (Å²) in [6, 6.07) is 11.7. The Morgan fingerprint density at radius 1 is 0.939 bits per heavy atom. The number of carbonyl (C=O) groups excluding carboxylic acids is 1. The standard InChI is InChI=1S/C26H27ClN4O2/c1-17-14-18(27)15-19-22(32)16-26(33-23(17)19)8-12-31(13-9-26)25-24(30-10-4-5-11-30)28-20-6-2-3-7-21(20)29-25/h2-3,6-7,14-15H,4-5,8-13,16H2,1H3. The Hall–Kier alpha value is -2.86. The van der Waals surface area contributed by atoms with Crippen molar-refractivity contribution in [2.75, 3.05) is 36.0 Å². The van der Waals surface area contributed by atoms with Crippen molar-refractivity contribution < 1.29 is 9.53 Å². The molecular weight excluding hydrogens is 436 g/mol. The third-order valence-electron chi connectivity index (χ3n) is 7.26. The van der Waals surface area contributed by atoms with Crippen LogP contribution in [-0.4, -0.2) is 47.5 Å². The van der Waals surface area contributed by atoms with E-state index in [0.29, 0.717) is 22.8 Å². The molecule has 2 saturated heterocycles. The summed E-state index contributed by atoms with van der Waals surface area (Å²) in [4.78, 5) is 27.8. The van der Waals surface area contributed by atoms with Crippen molar-refractivity contribution in [2.45, 2.75) is 44.6 Å². The molecule has 3 aromatic rings. The molecule has 170 valence electrons. The van der Waals surface area contributed by atoms with Gasteiger partial charge in [-0.2, -0.15) is 0 Å². The number of aromatic nitrogens is 2. The third kappa shape index (κ3) is 3.61. The van der Waals surface area contributed by atoms with Crippen molar-refractivity contribution >= 4 is 40.1 Å². The Labute approximate surface area is 198 Å². The van der Waals surface area contributed by atoms with Gasteiger partial charge in [-0.05, 0) is 49.6 Å². The fourth-order valence-electron chi connectivity index (χ4n) is 5.45. The normalized spacial score (nSPS) is 19.8. The predicted octanol–water partition coefficient (Wildman–Crippen LogP) is 5.20. The predicted molar refractivity (Wildman–Crippen MR) is 131 cm³/mol. The van der Waals surface area contributed by atoms with Crippen LogP contribution in [0.4, 0.5) is 11.6 Å². The van der Waals surface area contributed by atoms with Gasteiger partial charge >= 0.3 is 0 Å². The lowest BCUT2D eigenvalue weighted by Crippen LogP contribution is -2.51. The van der Waals surface area contributed by atoms with Gasteiger partial charge < -0.3 is 14.5 Å². The van der Waals surface area contributed by atoms with Crippen molar-refractivity contribution in [3.63, 3.8) is 0 Å². The molecule has 6 nitrogen and oxygen atoms in total. The highest BCUT2D eigenvalue weighted by atomic mass is 35.5. The molecule has 6 rings (SSSR count). The molecule has 0 N–H and O–H groups in total. The average Bonchev–Trinajstić information content (AvgIpc) is 3.35. The smallest absolute Gasteiger partial charge is 0.172 e. The number of fused-ring (bicyclic) bond motifs is 2. The number of hydrogen-bond acceptors (Lipinski definition) is 6. The number of anilines is 2. The molecule has 0 unspecified atom stereocenters. The first-order valence-corrected chi connectivity index (χ1v) is 12.2. The van der Waals surface area contributed by atoms with E-state index in [4.69, 9.17) is 26.3 Å². The fraction of sp³-hybridized carbons (Fsp3) is 0.423. The Balaban J connectivity index is 1.30. The maximum absolute atomic E-state index is 13.0. The number of para-hydroxylation sites is 2. The fourth-order valence-corrected chi connectivity index (χ4v) is 5.73. The largest absolute Gasteiger partial charge is 0.486 e. The molecule has 0 bridgehead atoms. The molecule has 1 spiro atoms. The summed E-state index contributed by atoms with van der Waals surface area (Å²) in [5, 5.41) is 0.582. The zero-order valence-electron chi connectivity index (χ0n) is 18.8. The number of hydrogen-bond donors (Lipinski definition) is 0. The molecule has 0 atom stereocenters. The summed E-state index contributed by atoms with van der Waals surface area (Å²) >= 11 is 6.19. The number of Topliss-reactive ketones (excluding diaryl/α,β-unsaturated/α-hetero) is 1. The molecule has 7 heteroatoms. The van der Waals surface area contributed by atoms with Crippen LogP contribution in [0, 0.1) is 6.92 Å². The van der Waals surface area contributed by atoms with E-state index < -0.39 is 5.60 Å². The minimum Gasteiger partial charge on any atom is -0.486 e. The molecule has 3 aliphatic heterocycles. The number of nitrogens with zero attached hydrogens (tertiary/aromatic N) is 4. The molecule has 2 fully saturated rings. The first-order valence-electron chi connectivity index (χ1n) is 11.8. The Kier molecular flexibility index (Phi) is 4.94. The van der Waals surface area contributed by atoms with Crippen LogP contribution in [0.5, 0.6) is 5.75 Å². The summed E-state index contributed by atoms with van der Waals surface area (Å²) in [6.07, 6.45) is 4.32. The highest BCUT2D eigenvalue weighted by molar-refractivity contribution is 6.31. The van der Waals surface area contributed by atoms with Crippen molar-refractivity contribution in [1.82, 2.24) is 9.97 Å². The molecule has 0 aliphatic carbocycles. The molecule has 0 saturated carbocycles. The second-order valence-electron chi connectivity index (χ2n) is 9.53. The third-order valence-corrected chi connectivity index (χ3v) is 7.47. The van der Waals surface area contributed by atoms with Crippen molar-refractivity contribution in [3.05, 3.63) is 52.5 Å². The summed E-state index contributed by atoms with van der Waals surface area (Å²) in [5.74, 6) is 2.76. The van der Waals surface area contributed by atoms with E-state index >= 15 is 0 Å². The molecule has 1 aromatic heterocycles. The minimum atomic E-state index is -0.461.